The highest BCUT2D eigenvalue weighted by Crippen LogP contribution is 2.46. The molecule has 1 amide bonds. The van der Waals surface area contributed by atoms with Gasteiger partial charge in [-0.2, -0.15) is 0 Å². The van der Waals surface area contributed by atoms with Crippen molar-refractivity contribution in [2.45, 2.75) is 25.7 Å². The second-order valence-corrected chi connectivity index (χ2v) is 6.08. The van der Waals surface area contributed by atoms with Crippen molar-refractivity contribution >= 4 is 34.5 Å². The van der Waals surface area contributed by atoms with Gasteiger partial charge in [0.25, 0.3) is 0 Å². The van der Waals surface area contributed by atoms with Crippen LogP contribution in [0.1, 0.15) is 25.7 Å². The second kappa shape index (κ2) is 5.05. The summed E-state index contributed by atoms with van der Waals surface area (Å²) >= 11 is 4.99. The number of rotatable bonds is 4. The molecule has 0 atom stereocenters. The van der Waals surface area contributed by atoms with Crippen LogP contribution in [0.4, 0.5) is 11.4 Å². The zero-order valence-electron chi connectivity index (χ0n) is 11.4. The van der Waals surface area contributed by atoms with E-state index in [0.29, 0.717) is 4.99 Å². The molecule has 1 saturated carbocycles. The number of nitrogens with zero attached hydrogens (tertiary/aromatic N) is 1. The van der Waals surface area contributed by atoms with Crippen LogP contribution in [0, 0.1) is 5.41 Å². The summed E-state index contributed by atoms with van der Waals surface area (Å²) in [5.74, 6) is -0.0704. The van der Waals surface area contributed by atoms with E-state index in [4.69, 9.17) is 18.0 Å². The molecule has 0 bridgehead atoms. The van der Waals surface area contributed by atoms with Gasteiger partial charge in [0, 0.05) is 24.5 Å². The maximum atomic E-state index is 12.2. The summed E-state index contributed by atoms with van der Waals surface area (Å²) in [7, 11) is 0. The van der Waals surface area contributed by atoms with Crippen LogP contribution in [0.5, 0.6) is 0 Å². The molecule has 1 aliphatic heterocycles. The lowest BCUT2D eigenvalue weighted by Crippen LogP contribution is -2.35. The molecule has 1 aliphatic carbocycles. The van der Waals surface area contributed by atoms with E-state index in [1.54, 1.807) is 0 Å². The highest BCUT2D eigenvalue weighted by atomic mass is 32.1. The van der Waals surface area contributed by atoms with Crippen LogP contribution in [0.3, 0.4) is 0 Å². The average molecular weight is 289 g/mol. The SMILES string of the molecule is NC(=S)C1(C(=O)Nc2ccc(N3CCCC3)cc2)CC1. The van der Waals surface area contributed by atoms with Crippen molar-refractivity contribution in [1.29, 1.82) is 0 Å². The second-order valence-electron chi connectivity index (χ2n) is 5.64. The van der Waals surface area contributed by atoms with Gasteiger partial charge in [-0.25, -0.2) is 0 Å². The van der Waals surface area contributed by atoms with E-state index in [2.05, 4.69) is 22.3 Å². The van der Waals surface area contributed by atoms with Gasteiger partial charge >= 0.3 is 0 Å². The maximum absolute atomic E-state index is 12.2. The Balaban J connectivity index is 1.66. The molecule has 1 saturated heterocycles. The largest absolute Gasteiger partial charge is 0.392 e. The van der Waals surface area contributed by atoms with Crippen LogP contribution in [0.2, 0.25) is 0 Å². The normalized spacial score (nSPS) is 19.7. The first-order valence-corrected chi connectivity index (χ1v) is 7.49. The van der Waals surface area contributed by atoms with Crippen molar-refractivity contribution in [2.24, 2.45) is 11.1 Å². The zero-order chi connectivity index (χ0) is 14.2. The number of benzene rings is 1. The van der Waals surface area contributed by atoms with Gasteiger partial charge in [0.15, 0.2) is 0 Å². The molecule has 3 rings (SSSR count). The topological polar surface area (TPSA) is 58.4 Å². The lowest BCUT2D eigenvalue weighted by atomic mass is 10.1. The van der Waals surface area contributed by atoms with Crippen LogP contribution in [-0.4, -0.2) is 24.0 Å². The smallest absolute Gasteiger partial charge is 0.237 e. The molecular formula is C15H19N3OS. The van der Waals surface area contributed by atoms with Gasteiger partial charge in [-0.1, -0.05) is 12.2 Å². The molecule has 4 nitrogen and oxygen atoms in total. The molecule has 2 fully saturated rings. The Morgan fingerprint density at radius 1 is 1.20 bits per heavy atom. The number of nitrogens with two attached hydrogens (primary N) is 1. The number of amides is 1. The first kappa shape index (κ1) is 13.4. The average Bonchev–Trinajstić information content (AvgIpc) is 3.09. The fourth-order valence-electron chi connectivity index (χ4n) is 2.69. The number of nitrogens with one attached hydrogen (secondary N) is 1. The summed E-state index contributed by atoms with van der Waals surface area (Å²) in [6, 6.07) is 8.00. The van der Waals surface area contributed by atoms with Gasteiger partial charge in [-0.3, -0.25) is 4.79 Å². The number of thiocarbonyl (C=S) groups is 1. The third kappa shape index (κ3) is 2.38. The molecule has 20 heavy (non-hydrogen) atoms. The maximum Gasteiger partial charge on any atom is 0.237 e. The van der Waals surface area contributed by atoms with Crippen LogP contribution in [0.15, 0.2) is 24.3 Å². The zero-order valence-corrected chi connectivity index (χ0v) is 12.2. The molecule has 0 aromatic heterocycles. The van der Waals surface area contributed by atoms with Crippen molar-refractivity contribution in [3.8, 4) is 0 Å². The summed E-state index contributed by atoms with van der Waals surface area (Å²) in [4.78, 5) is 14.9. The number of hydrogen-bond donors (Lipinski definition) is 2. The number of hydrogen-bond acceptors (Lipinski definition) is 3. The molecule has 2 aliphatic rings. The van der Waals surface area contributed by atoms with E-state index in [1.165, 1.54) is 18.5 Å². The number of carbonyl (C=O) groups excluding carboxylic acids is 1. The Morgan fingerprint density at radius 2 is 1.80 bits per heavy atom. The van der Waals surface area contributed by atoms with E-state index in [1.807, 2.05) is 12.1 Å². The van der Waals surface area contributed by atoms with Crippen LogP contribution >= 0.6 is 12.2 Å². The fraction of sp³-hybridized carbons (Fsp3) is 0.467. The number of anilines is 2. The minimum atomic E-state index is -0.594. The summed E-state index contributed by atoms with van der Waals surface area (Å²) in [5.41, 5.74) is 7.09. The highest BCUT2D eigenvalue weighted by molar-refractivity contribution is 7.80. The monoisotopic (exact) mass is 289 g/mol. The molecule has 0 unspecified atom stereocenters. The van der Waals surface area contributed by atoms with E-state index in [9.17, 15) is 4.79 Å². The van der Waals surface area contributed by atoms with Crippen molar-refractivity contribution in [3.63, 3.8) is 0 Å². The molecule has 5 heteroatoms. The third-order valence-corrected chi connectivity index (χ3v) is 4.64. The Bertz CT molecular complexity index is 531. The Hall–Kier alpha value is -1.62. The van der Waals surface area contributed by atoms with Gasteiger partial charge in [0.05, 0.1) is 10.4 Å². The molecule has 0 radical (unpaired) electrons. The quantitative estimate of drug-likeness (QED) is 0.835. The molecule has 106 valence electrons. The Morgan fingerprint density at radius 3 is 2.30 bits per heavy atom. The van der Waals surface area contributed by atoms with Gasteiger partial charge in [-0.05, 0) is 49.9 Å². The predicted octanol–water partition coefficient (Wildman–Crippen LogP) is 2.29. The van der Waals surface area contributed by atoms with Gasteiger partial charge in [0.2, 0.25) is 5.91 Å². The van der Waals surface area contributed by atoms with Crippen molar-refractivity contribution in [1.82, 2.24) is 0 Å². The van der Waals surface area contributed by atoms with Gasteiger partial charge in [0.1, 0.15) is 0 Å². The van der Waals surface area contributed by atoms with Crippen molar-refractivity contribution < 1.29 is 4.79 Å². The Kier molecular flexibility index (Phi) is 3.38. The standard InChI is InChI=1S/C15H19N3OS/c16-13(20)15(7-8-15)14(19)17-11-3-5-12(6-4-11)18-9-1-2-10-18/h3-6H,1-2,7-10H2,(H2,16,20)(H,17,19). The first-order valence-electron chi connectivity index (χ1n) is 7.08. The molecule has 1 heterocycles. The minimum absolute atomic E-state index is 0.0704. The minimum Gasteiger partial charge on any atom is -0.392 e. The predicted molar refractivity (Wildman–Crippen MR) is 85.0 cm³/mol. The summed E-state index contributed by atoms with van der Waals surface area (Å²) in [6.07, 6.45) is 4.05. The first-order chi connectivity index (χ1) is 9.62. The molecule has 3 N–H and O–H groups in total. The van der Waals surface area contributed by atoms with Crippen LogP contribution in [-0.2, 0) is 4.79 Å². The molecular weight excluding hydrogens is 270 g/mol. The Labute approximate surface area is 124 Å². The number of carbonyl (C=O) groups is 1. The van der Waals surface area contributed by atoms with Crippen molar-refractivity contribution in [2.75, 3.05) is 23.3 Å². The van der Waals surface area contributed by atoms with E-state index < -0.39 is 5.41 Å². The van der Waals surface area contributed by atoms with Crippen LogP contribution in [0.25, 0.3) is 0 Å². The van der Waals surface area contributed by atoms with E-state index in [-0.39, 0.29) is 5.91 Å². The summed E-state index contributed by atoms with van der Waals surface area (Å²) < 4.78 is 0. The third-order valence-electron chi connectivity index (χ3n) is 4.25. The molecule has 1 aromatic rings. The highest BCUT2D eigenvalue weighted by Gasteiger charge is 2.52. The van der Waals surface area contributed by atoms with Crippen molar-refractivity contribution in [3.05, 3.63) is 24.3 Å². The lowest BCUT2D eigenvalue weighted by molar-refractivity contribution is -0.118. The molecule has 1 aromatic carbocycles. The molecule has 0 spiro atoms. The summed E-state index contributed by atoms with van der Waals surface area (Å²) in [5, 5.41) is 2.92. The van der Waals surface area contributed by atoms with Gasteiger partial charge in [-0.15, -0.1) is 0 Å². The van der Waals surface area contributed by atoms with E-state index in [0.717, 1.165) is 31.6 Å². The lowest BCUT2D eigenvalue weighted by Gasteiger charge is -2.18. The van der Waals surface area contributed by atoms with Gasteiger partial charge < -0.3 is 16.0 Å². The summed E-state index contributed by atoms with van der Waals surface area (Å²) in [6.45, 7) is 2.24. The fourth-order valence-corrected chi connectivity index (χ4v) is 2.99. The van der Waals surface area contributed by atoms with E-state index >= 15 is 0 Å². The van der Waals surface area contributed by atoms with Crippen LogP contribution < -0.4 is 16.0 Å².